The standard InChI is InChI=1S/C23H29ClN4O/c1-13-6-14(2)28(27-13)20-5-4-19(24)21(26-20)22(29)25-15(3)23-10-16-7-17(11-23)9-18(8-16)12-23/h4-6,15-18H,7-12H2,1-3H3,(H,25,29). The SMILES string of the molecule is Cc1cc(C)n(-c2ccc(Cl)c(C(=O)NC(C)C34CC5CC(CC(C5)C3)C4)n2)n1. The molecule has 4 bridgehead atoms. The minimum Gasteiger partial charge on any atom is -0.348 e. The smallest absolute Gasteiger partial charge is 0.271 e. The quantitative estimate of drug-likeness (QED) is 0.779. The van der Waals surface area contributed by atoms with Gasteiger partial charge in [-0.2, -0.15) is 5.10 Å². The summed E-state index contributed by atoms with van der Waals surface area (Å²) in [6.07, 6.45) is 7.97. The summed E-state index contributed by atoms with van der Waals surface area (Å²) in [4.78, 5) is 17.7. The van der Waals surface area contributed by atoms with Gasteiger partial charge in [-0.3, -0.25) is 4.79 Å². The molecule has 1 amide bonds. The summed E-state index contributed by atoms with van der Waals surface area (Å²) in [6.45, 7) is 6.11. The van der Waals surface area contributed by atoms with Crippen molar-refractivity contribution >= 4 is 17.5 Å². The number of nitrogens with one attached hydrogen (secondary N) is 1. The molecule has 0 spiro atoms. The van der Waals surface area contributed by atoms with E-state index in [4.69, 9.17) is 11.6 Å². The Morgan fingerprint density at radius 2 is 1.79 bits per heavy atom. The van der Waals surface area contributed by atoms with E-state index in [1.54, 1.807) is 16.8 Å². The van der Waals surface area contributed by atoms with Crippen molar-refractivity contribution < 1.29 is 4.79 Å². The molecule has 6 heteroatoms. The molecule has 5 nitrogen and oxygen atoms in total. The molecule has 1 unspecified atom stereocenters. The lowest BCUT2D eigenvalue weighted by molar-refractivity contribution is -0.0688. The number of halogens is 1. The van der Waals surface area contributed by atoms with Gasteiger partial charge in [0.2, 0.25) is 0 Å². The number of carbonyl (C=O) groups excluding carboxylic acids is 1. The lowest BCUT2D eigenvalue weighted by Crippen LogP contribution is -2.55. The van der Waals surface area contributed by atoms with Gasteiger partial charge in [0.15, 0.2) is 5.82 Å². The summed E-state index contributed by atoms with van der Waals surface area (Å²) < 4.78 is 1.75. The third kappa shape index (κ3) is 3.27. The molecule has 1 atom stereocenters. The highest BCUT2D eigenvalue weighted by Crippen LogP contribution is 2.61. The van der Waals surface area contributed by atoms with Gasteiger partial charge in [-0.1, -0.05) is 11.6 Å². The highest BCUT2D eigenvalue weighted by Gasteiger charge is 2.53. The molecule has 1 N–H and O–H groups in total. The van der Waals surface area contributed by atoms with Gasteiger partial charge in [-0.15, -0.1) is 0 Å². The van der Waals surface area contributed by atoms with E-state index in [2.05, 4.69) is 22.3 Å². The number of hydrogen-bond acceptors (Lipinski definition) is 3. The largest absolute Gasteiger partial charge is 0.348 e. The zero-order valence-corrected chi connectivity index (χ0v) is 18.2. The fourth-order valence-corrected chi connectivity index (χ4v) is 6.89. The Bertz CT molecular complexity index is 930. The van der Waals surface area contributed by atoms with Crippen LogP contribution in [0.3, 0.4) is 0 Å². The first-order valence-electron chi connectivity index (χ1n) is 10.8. The second-order valence-corrected chi connectivity index (χ2v) is 10.2. The lowest BCUT2D eigenvalue weighted by atomic mass is 9.48. The molecule has 154 valence electrons. The van der Waals surface area contributed by atoms with Gasteiger partial charge in [0.25, 0.3) is 5.91 Å². The van der Waals surface area contributed by atoms with Crippen LogP contribution < -0.4 is 5.32 Å². The monoisotopic (exact) mass is 412 g/mol. The molecule has 2 heterocycles. The Hall–Kier alpha value is -1.88. The summed E-state index contributed by atoms with van der Waals surface area (Å²) in [7, 11) is 0. The fraction of sp³-hybridized carbons (Fsp3) is 0.609. The van der Waals surface area contributed by atoms with Crippen LogP contribution in [0.15, 0.2) is 18.2 Å². The van der Waals surface area contributed by atoms with Crippen LogP contribution in [0.5, 0.6) is 0 Å². The van der Waals surface area contributed by atoms with Crippen LogP contribution in [0.4, 0.5) is 0 Å². The maximum Gasteiger partial charge on any atom is 0.271 e. The van der Waals surface area contributed by atoms with E-state index in [1.807, 2.05) is 19.9 Å². The normalized spacial score (nSPS) is 31.1. The van der Waals surface area contributed by atoms with Crippen molar-refractivity contribution in [3.8, 4) is 5.82 Å². The highest BCUT2D eigenvalue weighted by atomic mass is 35.5. The minimum atomic E-state index is -0.179. The number of amides is 1. The first-order chi connectivity index (χ1) is 13.8. The number of nitrogens with zero attached hydrogens (tertiary/aromatic N) is 3. The maximum atomic E-state index is 13.2. The molecular weight excluding hydrogens is 384 g/mol. The van der Waals surface area contributed by atoms with Crippen molar-refractivity contribution in [2.45, 2.75) is 65.3 Å². The van der Waals surface area contributed by atoms with Crippen LogP contribution in [0, 0.1) is 37.0 Å². The average Bonchev–Trinajstić information content (AvgIpc) is 2.99. The van der Waals surface area contributed by atoms with Crippen molar-refractivity contribution in [1.29, 1.82) is 0 Å². The predicted molar refractivity (Wildman–Crippen MR) is 113 cm³/mol. The van der Waals surface area contributed by atoms with E-state index in [-0.39, 0.29) is 23.1 Å². The number of rotatable bonds is 4. The molecule has 29 heavy (non-hydrogen) atoms. The van der Waals surface area contributed by atoms with Gasteiger partial charge >= 0.3 is 0 Å². The Morgan fingerprint density at radius 3 is 2.34 bits per heavy atom. The fourth-order valence-electron chi connectivity index (χ4n) is 6.70. The molecule has 2 aromatic rings. The van der Waals surface area contributed by atoms with E-state index < -0.39 is 0 Å². The van der Waals surface area contributed by atoms with E-state index in [9.17, 15) is 4.79 Å². The average molecular weight is 413 g/mol. The summed E-state index contributed by atoms with van der Waals surface area (Å²) in [6, 6.07) is 5.68. The second-order valence-electron chi connectivity index (χ2n) is 9.81. The van der Waals surface area contributed by atoms with Crippen molar-refractivity contribution in [2.75, 3.05) is 0 Å². The van der Waals surface area contributed by atoms with Crippen molar-refractivity contribution in [2.24, 2.45) is 23.2 Å². The van der Waals surface area contributed by atoms with Crippen LogP contribution >= 0.6 is 11.6 Å². The van der Waals surface area contributed by atoms with Gasteiger partial charge < -0.3 is 5.32 Å². The number of aromatic nitrogens is 3. The van der Waals surface area contributed by atoms with Gasteiger partial charge in [-0.25, -0.2) is 9.67 Å². The molecule has 4 saturated carbocycles. The van der Waals surface area contributed by atoms with Gasteiger partial charge in [0.05, 0.1) is 10.7 Å². The molecule has 4 aliphatic carbocycles. The lowest BCUT2D eigenvalue weighted by Gasteiger charge is -2.59. The molecule has 4 aliphatic rings. The van der Waals surface area contributed by atoms with Crippen LogP contribution in [-0.4, -0.2) is 26.7 Å². The number of hydrogen-bond donors (Lipinski definition) is 1. The third-order valence-corrected chi connectivity index (χ3v) is 7.93. The Balaban J connectivity index is 1.38. The van der Waals surface area contributed by atoms with Crippen LogP contribution in [0.2, 0.25) is 5.02 Å². The first kappa shape index (κ1) is 19.1. The van der Waals surface area contributed by atoms with Crippen LogP contribution in [-0.2, 0) is 0 Å². The summed E-state index contributed by atoms with van der Waals surface area (Å²) in [5.41, 5.74) is 2.43. The Labute approximate surface area is 177 Å². The van der Waals surface area contributed by atoms with Crippen LogP contribution in [0.25, 0.3) is 5.82 Å². The zero-order chi connectivity index (χ0) is 20.3. The maximum absolute atomic E-state index is 13.2. The molecule has 0 aliphatic heterocycles. The molecule has 0 aromatic carbocycles. The molecule has 0 saturated heterocycles. The Morgan fingerprint density at radius 1 is 1.17 bits per heavy atom. The molecule has 6 rings (SSSR count). The van der Waals surface area contributed by atoms with Crippen LogP contribution in [0.1, 0.15) is 67.3 Å². The first-order valence-corrected chi connectivity index (χ1v) is 11.2. The third-order valence-electron chi connectivity index (χ3n) is 7.62. The van der Waals surface area contributed by atoms with E-state index in [1.165, 1.54) is 38.5 Å². The minimum absolute atomic E-state index is 0.138. The molecule has 2 aromatic heterocycles. The molecule has 0 radical (unpaired) electrons. The Kier molecular flexibility index (Phi) is 4.50. The van der Waals surface area contributed by atoms with Crippen molar-refractivity contribution in [3.05, 3.63) is 40.3 Å². The number of pyridine rings is 1. The van der Waals surface area contributed by atoms with Gasteiger partial charge in [0, 0.05) is 11.7 Å². The van der Waals surface area contributed by atoms with E-state index >= 15 is 0 Å². The topological polar surface area (TPSA) is 59.8 Å². The second kappa shape index (κ2) is 6.83. The van der Waals surface area contributed by atoms with Gasteiger partial charge in [-0.05, 0) is 101 Å². The van der Waals surface area contributed by atoms with Gasteiger partial charge in [0.1, 0.15) is 5.69 Å². The zero-order valence-electron chi connectivity index (χ0n) is 17.4. The predicted octanol–water partition coefficient (Wildman–Crippen LogP) is 4.87. The summed E-state index contributed by atoms with van der Waals surface area (Å²) in [5, 5.41) is 8.13. The van der Waals surface area contributed by atoms with Crippen molar-refractivity contribution in [3.63, 3.8) is 0 Å². The highest BCUT2D eigenvalue weighted by molar-refractivity contribution is 6.33. The molecule has 4 fully saturated rings. The number of aryl methyl sites for hydroxylation is 2. The van der Waals surface area contributed by atoms with Crippen molar-refractivity contribution in [1.82, 2.24) is 20.1 Å². The molecular formula is C23H29ClN4O. The van der Waals surface area contributed by atoms with E-state index in [0.717, 1.165) is 29.1 Å². The summed E-state index contributed by atoms with van der Waals surface area (Å²) >= 11 is 6.37. The van der Waals surface area contributed by atoms with E-state index in [0.29, 0.717) is 10.8 Å². The summed E-state index contributed by atoms with van der Waals surface area (Å²) in [5.74, 6) is 3.01. The number of carbonyl (C=O) groups is 1.